The summed E-state index contributed by atoms with van der Waals surface area (Å²) in [5.41, 5.74) is 7.09. The van der Waals surface area contributed by atoms with Crippen molar-refractivity contribution in [1.29, 1.82) is 0 Å². The van der Waals surface area contributed by atoms with Gasteiger partial charge in [0.1, 0.15) is 5.82 Å². The zero-order valence-corrected chi connectivity index (χ0v) is 16.0. The van der Waals surface area contributed by atoms with Gasteiger partial charge in [0.25, 0.3) is 0 Å². The van der Waals surface area contributed by atoms with Crippen LogP contribution in [0.15, 0.2) is 58.8 Å². The molecule has 0 fully saturated rings. The SMILES string of the molecule is NC(=O)N(O)Cc1scc(-c2ccccc2S(N)(=O)=O)c1-c1ccc(F)cc1. The van der Waals surface area contributed by atoms with Crippen LogP contribution in [0.1, 0.15) is 4.88 Å². The Kier molecular flexibility index (Phi) is 5.47. The zero-order valence-electron chi connectivity index (χ0n) is 14.4. The molecule has 0 aliphatic heterocycles. The maximum absolute atomic E-state index is 13.4. The van der Waals surface area contributed by atoms with Gasteiger partial charge in [0.05, 0.1) is 11.4 Å². The third-order valence-electron chi connectivity index (χ3n) is 4.03. The molecule has 0 saturated heterocycles. The van der Waals surface area contributed by atoms with Gasteiger partial charge < -0.3 is 5.73 Å². The normalized spacial score (nSPS) is 11.4. The summed E-state index contributed by atoms with van der Waals surface area (Å²) in [5, 5.41) is 17.1. The average Bonchev–Trinajstić information content (AvgIpc) is 3.05. The largest absolute Gasteiger partial charge is 0.350 e. The maximum atomic E-state index is 13.4. The topological polar surface area (TPSA) is 127 Å². The highest BCUT2D eigenvalue weighted by molar-refractivity contribution is 7.89. The van der Waals surface area contributed by atoms with Crippen LogP contribution in [-0.2, 0) is 16.6 Å². The van der Waals surface area contributed by atoms with E-state index in [-0.39, 0.29) is 11.4 Å². The van der Waals surface area contributed by atoms with Crippen LogP contribution in [-0.4, -0.2) is 24.7 Å². The highest BCUT2D eigenvalue weighted by atomic mass is 32.2. The molecule has 1 aromatic heterocycles. The number of hydrogen-bond acceptors (Lipinski definition) is 5. The van der Waals surface area contributed by atoms with Gasteiger partial charge in [-0.15, -0.1) is 11.3 Å². The van der Waals surface area contributed by atoms with Crippen LogP contribution in [0.4, 0.5) is 9.18 Å². The van der Waals surface area contributed by atoms with E-state index in [0.29, 0.717) is 32.2 Å². The first-order valence-electron chi connectivity index (χ1n) is 7.93. The molecule has 0 radical (unpaired) electrons. The van der Waals surface area contributed by atoms with Crippen molar-refractivity contribution in [3.63, 3.8) is 0 Å². The second-order valence-electron chi connectivity index (χ2n) is 5.89. The summed E-state index contributed by atoms with van der Waals surface area (Å²) in [7, 11) is -4.00. The average molecular weight is 421 g/mol. The number of carbonyl (C=O) groups excluding carboxylic acids is 1. The lowest BCUT2D eigenvalue weighted by atomic mass is 9.96. The van der Waals surface area contributed by atoms with Crippen LogP contribution in [0, 0.1) is 5.82 Å². The fraction of sp³-hybridized carbons (Fsp3) is 0.0556. The first-order valence-corrected chi connectivity index (χ1v) is 10.4. The Morgan fingerprint density at radius 2 is 1.75 bits per heavy atom. The molecule has 0 bridgehead atoms. The van der Waals surface area contributed by atoms with Crippen LogP contribution in [0.3, 0.4) is 0 Å². The Balaban J connectivity index is 2.25. The Bertz CT molecular complexity index is 1130. The molecule has 5 N–H and O–H groups in total. The number of nitrogens with zero attached hydrogens (tertiary/aromatic N) is 1. The van der Waals surface area contributed by atoms with E-state index in [1.54, 1.807) is 23.6 Å². The number of sulfonamides is 1. The molecule has 0 unspecified atom stereocenters. The molecule has 0 atom stereocenters. The Morgan fingerprint density at radius 3 is 2.36 bits per heavy atom. The first kappa shape index (κ1) is 20.0. The molecule has 146 valence electrons. The van der Waals surface area contributed by atoms with Crippen molar-refractivity contribution in [2.24, 2.45) is 10.9 Å². The Morgan fingerprint density at radius 1 is 1.11 bits per heavy atom. The Hall–Kier alpha value is -2.79. The predicted octanol–water partition coefficient (Wildman–Crippen LogP) is 3.14. The minimum Gasteiger partial charge on any atom is -0.350 e. The van der Waals surface area contributed by atoms with Crippen molar-refractivity contribution < 1.29 is 22.8 Å². The van der Waals surface area contributed by atoms with Gasteiger partial charge in [-0.2, -0.15) is 0 Å². The lowest BCUT2D eigenvalue weighted by molar-refractivity contribution is -0.0461. The van der Waals surface area contributed by atoms with Crippen molar-refractivity contribution in [3.8, 4) is 22.3 Å². The number of nitrogens with two attached hydrogens (primary N) is 2. The molecule has 10 heteroatoms. The van der Waals surface area contributed by atoms with Crippen LogP contribution in [0.5, 0.6) is 0 Å². The van der Waals surface area contributed by atoms with Crippen molar-refractivity contribution in [2.45, 2.75) is 11.4 Å². The fourth-order valence-corrected chi connectivity index (χ4v) is 4.60. The lowest BCUT2D eigenvalue weighted by Gasteiger charge is -2.14. The predicted molar refractivity (Wildman–Crippen MR) is 103 cm³/mol. The van der Waals surface area contributed by atoms with Crippen molar-refractivity contribution in [3.05, 3.63) is 64.6 Å². The van der Waals surface area contributed by atoms with E-state index in [9.17, 15) is 22.8 Å². The van der Waals surface area contributed by atoms with Crippen LogP contribution in [0.25, 0.3) is 22.3 Å². The number of rotatable bonds is 5. The molecule has 1 heterocycles. The molecule has 28 heavy (non-hydrogen) atoms. The van der Waals surface area contributed by atoms with Crippen molar-refractivity contribution >= 4 is 27.4 Å². The van der Waals surface area contributed by atoms with Gasteiger partial charge in [-0.25, -0.2) is 27.8 Å². The summed E-state index contributed by atoms with van der Waals surface area (Å²) < 4.78 is 37.4. The van der Waals surface area contributed by atoms with E-state index >= 15 is 0 Å². The van der Waals surface area contributed by atoms with Crippen LogP contribution in [0.2, 0.25) is 0 Å². The number of carbonyl (C=O) groups is 1. The number of hydrogen-bond donors (Lipinski definition) is 3. The van der Waals surface area contributed by atoms with E-state index in [0.717, 1.165) is 0 Å². The molecular formula is C18H16FN3O4S2. The van der Waals surface area contributed by atoms with Gasteiger partial charge >= 0.3 is 6.03 Å². The highest BCUT2D eigenvalue weighted by Crippen LogP contribution is 2.42. The van der Waals surface area contributed by atoms with Gasteiger partial charge in [0.15, 0.2) is 0 Å². The number of urea groups is 1. The van der Waals surface area contributed by atoms with Crippen molar-refractivity contribution in [1.82, 2.24) is 5.06 Å². The van der Waals surface area contributed by atoms with Crippen LogP contribution >= 0.6 is 11.3 Å². The molecule has 0 saturated carbocycles. The number of amides is 2. The van der Waals surface area contributed by atoms with E-state index in [2.05, 4.69) is 0 Å². The zero-order chi connectivity index (χ0) is 20.5. The molecule has 2 aromatic carbocycles. The highest BCUT2D eigenvalue weighted by Gasteiger charge is 2.22. The minimum absolute atomic E-state index is 0.0709. The van der Waals surface area contributed by atoms with Gasteiger partial charge in [0.2, 0.25) is 10.0 Å². The number of halogens is 1. The number of primary amides is 1. The molecule has 3 rings (SSSR count). The number of benzene rings is 2. The van der Waals surface area contributed by atoms with Gasteiger partial charge in [-0.3, -0.25) is 5.21 Å². The summed E-state index contributed by atoms with van der Waals surface area (Å²) in [6.45, 7) is -0.218. The molecule has 0 aliphatic rings. The smallest absolute Gasteiger partial charge is 0.338 e. The Labute approximate surface area is 164 Å². The third-order valence-corrected chi connectivity index (χ3v) is 5.97. The second kappa shape index (κ2) is 7.68. The van der Waals surface area contributed by atoms with E-state index in [4.69, 9.17) is 10.9 Å². The van der Waals surface area contributed by atoms with E-state index < -0.39 is 21.9 Å². The van der Waals surface area contributed by atoms with Crippen molar-refractivity contribution in [2.75, 3.05) is 0 Å². The summed E-state index contributed by atoms with van der Waals surface area (Å²) in [5.74, 6) is -0.437. The fourth-order valence-electron chi connectivity index (χ4n) is 2.80. The van der Waals surface area contributed by atoms with E-state index in [1.165, 1.54) is 41.7 Å². The van der Waals surface area contributed by atoms with Gasteiger partial charge in [-0.05, 0) is 29.1 Å². The standard InChI is InChI=1S/C18H16FN3O4S2/c19-12-7-5-11(6-8-12)17-14(10-27-15(17)9-22(24)18(20)23)13-3-1-2-4-16(13)28(21,25)26/h1-8,10,24H,9H2,(H2,20,23)(H2,21,25,26). The molecule has 7 nitrogen and oxygen atoms in total. The number of hydroxylamine groups is 2. The lowest BCUT2D eigenvalue weighted by Crippen LogP contribution is -2.31. The summed E-state index contributed by atoms with van der Waals surface area (Å²) in [6.07, 6.45) is 0. The summed E-state index contributed by atoms with van der Waals surface area (Å²) in [6, 6.07) is 10.7. The van der Waals surface area contributed by atoms with E-state index in [1.807, 2.05) is 0 Å². The molecule has 3 aromatic rings. The van der Waals surface area contributed by atoms with Crippen LogP contribution < -0.4 is 10.9 Å². The third kappa shape index (κ3) is 4.04. The summed E-state index contributed by atoms with van der Waals surface area (Å²) >= 11 is 1.20. The molecule has 2 amide bonds. The molecule has 0 aliphatic carbocycles. The monoisotopic (exact) mass is 421 g/mol. The van der Waals surface area contributed by atoms with Gasteiger partial charge in [-0.1, -0.05) is 30.3 Å². The van der Waals surface area contributed by atoms with Gasteiger partial charge in [0, 0.05) is 21.6 Å². The molecular weight excluding hydrogens is 405 g/mol. The molecule has 0 spiro atoms. The number of thiophene rings is 1. The maximum Gasteiger partial charge on any atom is 0.338 e. The first-order chi connectivity index (χ1) is 13.2. The summed E-state index contributed by atoms with van der Waals surface area (Å²) in [4.78, 5) is 11.7. The second-order valence-corrected chi connectivity index (χ2v) is 8.39. The minimum atomic E-state index is -4.00. The quantitative estimate of drug-likeness (QED) is 0.432. The number of primary sulfonamides is 1.